The number of phenols is 1. The standard InChI is InChI=1S/C21H20O4/c1-23-18-8-3-15(4-9-18)13-16-5-10-20(24-2)14-21(16)25-19-11-6-17(22)7-12-19/h3-12,14,22H,13H2,1-2H3. The third-order valence-corrected chi connectivity index (χ3v) is 3.89. The predicted octanol–water partition coefficient (Wildman–Crippen LogP) is 4.79. The first kappa shape index (κ1) is 16.7. The third kappa shape index (κ3) is 4.23. The van der Waals surface area contributed by atoms with E-state index in [4.69, 9.17) is 14.2 Å². The van der Waals surface area contributed by atoms with E-state index in [1.165, 1.54) is 0 Å². The first-order valence-corrected chi connectivity index (χ1v) is 7.94. The van der Waals surface area contributed by atoms with E-state index >= 15 is 0 Å². The number of ether oxygens (including phenoxy) is 3. The first-order valence-electron chi connectivity index (χ1n) is 7.94. The van der Waals surface area contributed by atoms with Crippen molar-refractivity contribution in [3.8, 4) is 28.7 Å². The summed E-state index contributed by atoms with van der Waals surface area (Å²) in [5.41, 5.74) is 2.19. The van der Waals surface area contributed by atoms with Crippen molar-refractivity contribution in [3.63, 3.8) is 0 Å². The molecule has 0 saturated carbocycles. The molecule has 0 aliphatic heterocycles. The lowest BCUT2D eigenvalue weighted by Gasteiger charge is -2.13. The van der Waals surface area contributed by atoms with Crippen LogP contribution in [0.4, 0.5) is 0 Å². The van der Waals surface area contributed by atoms with Gasteiger partial charge in [-0.3, -0.25) is 0 Å². The van der Waals surface area contributed by atoms with Crippen LogP contribution in [0.15, 0.2) is 66.7 Å². The highest BCUT2D eigenvalue weighted by atomic mass is 16.5. The summed E-state index contributed by atoms with van der Waals surface area (Å²) in [7, 11) is 3.28. The van der Waals surface area contributed by atoms with Crippen LogP contribution < -0.4 is 14.2 Å². The lowest BCUT2D eigenvalue weighted by atomic mass is 10.0. The van der Waals surface area contributed by atoms with Gasteiger partial charge >= 0.3 is 0 Å². The van der Waals surface area contributed by atoms with Gasteiger partial charge < -0.3 is 19.3 Å². The molecule has 0 bridgehead atoms. The van der Waals surface area contributed by atoms with E-state index in [-0.39, 0.29) is 5.75 Å². The minimum Gasteiger partial charge on any atom is -0.508 e. The monoisotopic (exact) mass is 336 g/mol. The van der Waals surface area contributed by atoms with Crippen molar-refractivity contribution < 1.29 is 19.3 Å². The molecule has 3 aromatic carbocycles. The number of phenolic OH excluding ortho intramolecular Hbond substituents is 1. The van der Waals surface area contributed by atoms with Crippen molar-refractivity contribution in [2.24, 2.45) is 0 Å². The lowest BCUT2D eigenvalue weighted by molar-refractivity contribution is 0.408. The third-order valence-electron chi connectivity index (χ3n) is 3.89. The van der Waals surface area contributed by atoms with E-state index in [1.54, 1.807) is 38.5 Å². The minimum absolute atomic E-state index is 0.205. The summed E-state index contributed by atoms with van der Waals surface area (Å²) in [5.74, 6) is 3.14. The quantitative estimate of drug-likeness (QED) is 0.703. The van der Waals surface area contributed by atoms with Crippen molar-refractivity contribution in [3.05, 3.63) is 77.9 Å². The molecule has 0 saturated heterocycles. The fourth-order valence-corrected chi connectivity index (χ4v) is 2.51. The molecule has 0 unspecified atom stereocenters. The fraction of sp³-hybridized carbons (Fsp3) is 0.143. The second-order valence-corrected chi connectivity index (χ2v) is 5.59. The zero-order chi connectivity index (χ0) is 17.6. The molecule has 0 aromatic heterocycles. The van der Waals surface area contributed by atoms with Gasteiger partial charge in [0.25, 0.3) is 0 Å². The second kappa shape index (κ2) is 7.62. The smallest absolute Gasteiger partial charge is 0.134 e. The molecule has 0 fully saturated rings. The average molecular weight is 336 g/mol. The molecule has 0 atom stereocenters. The fourth-order valence-electron chi connectivity index (χ4n) is 2.51. The van der Waals surface area contributed by atoms with Crippen LogP contribution in [-0.2, 0) is 6.42 Å². The van der Waals surface area contributed by atoms with Gasteiger partial charge in [0.15, 0.2) is 0 Å². The normalized spacial score (nSPS) is 10.3. The van der Waals surface area contributed by atoms with E-state index in [9.17, 15) is 5.11 Å². The maximum Gasteiger partial charge on any atom is 0.134 e. The largest absolute Gasteiger partial charge is 0.508 e. The van der Waals surface area contributed by atoms with E-state index < -0.39 is 0 Å². The van der Waals surface area contributed by atoms with Crippen molar-refractivity contribution >= 4 is 0 Å². The SMILES string of the molecule is COc1ccc(Cc2ccc(OC)cc2Oc2ccc(O)cc2)cc1. The maximum absolute atomic E-state index is 9.41. The van der Waals surface area contributed by atoms with E-state index in [2.05, 4.69) is 0 Å². The van der Waals surface area contributed by atoms with Gasteiger partial charge in [0.05, 0.1) is 14.2 Å². The van der Waals surface area contributed by atoms with Gasteiger partial charge in [-0.1, -0.05) is 18.2 Å². The second-order valence-electron chi connectivity index (χ2n) is 5.59. The highest BCUT2D eigenvalue weighted by molar-refractivity contribution is 5.46. The molecule has 4 heteroatoms. The summed E-state index contributed by atoms with van der Waals surface area (Å²) in [6, 6.07) is 20.4. The number of rotatable bonds is 6. The van der Waals surface area contributed by atoms with Gasteiger partial charge in [0.1, 0.15) is 28.7 Å². The van der Waals surface area contributed by atoms with Gasteiger partial charge in [0.2, 0.25) is 0 Å². The molecular weight excluding hydrogens is 316 g/mol. The molecule has 25 heavy (non-hydrogen) atoms. The Balaban J connectivity index is 1.87. The van der Waals surface area contributed by atoms with Gasteiger partial charge in [-0.05, 0) is 53.6 Å². The van der Waals surface area contributed by atoms with E-state index in [0.717, 1.165) is 34.8 Å². The van der Waals surface area contributed by atoms with Gasteiger partial charge in [-0.25, -0.2) is 0 Å². The lowest BCUT2D eigenvalue weighted by Crippen LogP contribution is -1.95. The summed E-state index contributed by atoms with van der Waals surface area (Å²) in [5, 5.41) is 9.41. The van der Waals surface area contributed by atoms with Crippen molar-refractivity contribution in [2.75, 3.05) is 14.2 Å². The molecule has 128 valence electrons. The summed E-state index contributed by atoms with van der Waals surface area (Å²) < 4.78 is 16.5. The number of hydrogen-bond donors (Lipinski definition) is 1. The van der Waals surface area contributed by atoms with Gasteiger partial charge in [-0.15, -0.1) is 0 Å². The Morgan fingerprint density at radius 1 is 0.720 bits per heavy atom. The molecule has 0 amide bonds. The Morgan fingerprint density at radius 2 is 1.32 bits per heavy atom. The minimum atomic E-state index is 0.205. The van der Waals surface area contributed by atoms with Crippen LogP contribution in [0.25, 0.3) is 0 Å². The molecule has 0 spiro atoms. The summed E-state index contributed by atoms with van der Waals surface area (Å²) >= 11 is 0. The van der Waals surface area contributed by atoms with Crippen molar-refractivity contribution in [1.82, 2.24) is 0 Å². The molecule has 0 radical (unpaired) electrons. The van der Waals surface area contributed by atoms with Gasteiger partial charge in [-0.2, -0.15) is 0 Å². The Morgan fingerprint density at radius 3 is 1.96 bits per heavy atom. The molecule has 1 N–H and O–H groups in total. The van der Waals surface area contributed by atoms with Crippen LogP contribution in [0.5, 0.6) is 28.7 Å². The molecule has 0 heterocycles. The molecular formula is C21H20O4. The number of hydrogen-bond acceptors (Lipinski definition) is 4. The van der Waals surface area contributed by atoms with Crippen LogP contribution in [0.2, 0.25) is 0 Å². The van der Waals surface area contributed by atoms with Crippen LogP contribution in [0.3, 0.4) is 0 Å². The highest BCUT2D eigenvalue weighted by Gasteiger charge is 2.09. The molecule has 0 aliphatic rings. The summed E-state index contributed by atoms with van der Waals surface area (Å²) in [4.78, 5) is 0. The van der Waals surface area contributed by atoms with Crippen LogP contribution in [0.1, 0.15) is 11.1 Å². The Kier molecular flexibility index (Phi) is 5.09. The van der Waals surface area contributed by atoms with E-state index in [1.807, 2.05) is 42.5 Å². The topological polar surface area (TPSA) is 47.9 Å². The van der Waals surface area contributed by atoms with Crippen LogP contribution in [-0.4, -0.2) is 19.3 Å². The summed E-state index contributed by atoms with van der Waals surface area (Å²) in [6.45, 7) is 0. The maximum atomic E-state index is 9.41. The van der Waals surface area contributed by atoms with E-state index in [0.29, 0.717) is 5.75 Å². The molecule has 0 aliphatic carbocycles. The van der Waals surface area contributed by atoms with Crippen LogP contribution in [0, 0.1) is 0 Å². The first-order chi connectivity index (χ1) is 12.2. The Bertz CT molecular complexity index is 824. The number of methoxy groups -OCH3 is 2. The average Bonchev–Trinajstić information content (AvgIpc) is 2.65. The Labute approximate surface area is 147 Å². The zero-order valence-corrected chi connectivity index (χ0v) is 14.2. The predicted molar refractivity (Wildman–Crippen MR) is 97.0 cm³/mol. The van der Waals surface area contributed by atoms with Crippen molar-refractivity contribution in [1.29, 1.82) is 0 Å². The van der Waals surface area contributed by atoms with Crippen LogP contribution >= 0.6 is 0 Å². The number of benzene rings is 3. The summed E-state index contributed by atoms with van der Waals surface area (Å²) in [6.07, 6.45) is 0.724. The Hall–Kier alpha value is -3.14. The molecule has 3 rings (SSSR count). The number of aromatic hydroxyl groups is 1. The van der Waals surface area contributed by atoms with Crippen molar-refractivity contribution in [2.45, 2.75) is 6.42 Å². The zero-order valence-electron chi connectivity index (χ0n) is 14.2. The van der Waals surface area contributed by atoms with Gasteiger partial charge in [0, 0.05) is 12.5 Å². The molecule has 3 aromatic rings. The molecule has 4 nitrogen and oxygen atoms in total. The highest BCUT2D eigenvalue weighted by Crippen LogP contribution is 2.32.